The van der Waals surface area contributed by atoms with Crippen LogP contribution in [0.4, 0.5) is 27.5 Å². The molecule has 0 fully saturated rings. The van der Waals surface area contributed by atoms with Crippen molar-refractivity contribution in [3.05, 3.63) is 60.5 Å². The molecule has 1 heterocycles. The molecule has 0 aliphatic rings. The fourth-order valence-electron chi connectivity index (χ4n) is 2.14. The van der Waals surface area contributed by atoms with Crippen molar-refractivity contribution < 1.29 is 9.13 Å². The van der Waals surface area contributed by atoms with Gasteiger partial charge in [0.2, 0.25) is 5.95 Å². The highest BCUT2D eigenvalue weighted by Gasteiger charge is 2.07. The molecule has 0 saturated heterocycles. The summed E-state index contributed by atoms with van der Waals surface area (Å²) in [6.07, 6.45) is 1.57. The summed E-state index contributed by atoms with van der Waals surface area (Å²) in [4.78, 5) is 4.36. The number of halogens is 1. The molecule has 0 bridgehead atoms. The van der Waals surface area contributed by atoms with Gasteiger partial charge in [0.05, 0.1) is 18.0 Å². The summed E-state index contributed by atoms with van der Waals surface area (Å²) in [5, 5.41) is 14.0. The van der Waals surface area contributed by atoms with E-state index in [2.05, 4.69) is 25.8 Å². The van der Waals surface area contributed by atoms with Crippen LogP contribution in [0.25, 0.3) is 0 Å². The second kappa shape index (κ2) is 7.57. The number of hydrogen-bond donors (Lipinski definition) is 2. The van der Waals surface area contributed by atoms with E-state index in [0.717, 1.165) is 11.4 Å². The second-order valence-corrected chi connectivity index (χ2v) is 5.58. The van der Waals surface area contributed by atoms with E-state index in [-0.39, 0.29) is 11.9 Å². The number of anilines is 4. The predicted octanol–water partition coefficient (Wildman–Crippen LogP) is 4.29. The van der Waals surface area contributed by atoms with Crippen molar-refractivity contribution >= 4 is 23.1 Å². The Hall–Kier alpha value is -3.22. The Balaban J connectivity index is 1.77. The maximum absolute atomic E-state index is 13.0. The Bertz CT molecular complexity index is 839. The van der Waals surface area contributed by atoms with E-state index in [0.29, 0.717) is 17.5 Å². The zero-order valence-electron chi connectivity index (χ0n) is 13.9. The Morgan fingerprint density at radius 2 is 1.76 bits per heavy atom. The van der Waals surface area contributed by atoms with E-state index in [9.17, 15) is 4.39 Å². The molecule has 3 aromatic rings. The third kappa shape index (κ3) is 4.63. The van der Waals surface area contributed by atoms with Gasteiger partial charge in [-0.1, -0.05) is 12.1 Å². The van der Waals surface area contributed by atoms with Gasteiger partial charge < -0.3 is 15.4 Å². The average Bonchev–Trinajstić information content (AvgIpc) is 2.59. The molecule has 7 heteroatoms. The lowest BCUT2D eigenvalue weighted by Gasteiger charge is -2.15. The highest BCUT2D eigenvalue weighted by molar-refractivity contribution is 5.64. The zero-order chi connectivity index (χ0) is 17.6. The number of hydrogen-bond acceptors (Lipinski definition) is 6. The molecule has 2 aromatic carbocycles. The smallest absolute Gasteiger partial charge is 0.249 e. The molecule has 25 heavy (non-hydrogen) atoms. The lowest BCUT2D eigenvalue weighted by atomic mass is 10.3. The summed E-state index contributed by atoms with van der Waals surface area (Å²) >= 11 is 0. The maximum atomic E-state index is 13.0. The molecule has 0 aliphatic heterocycles. The van der Waals surface area contributed by atoms with Gasteiger partial charge in [-0.3, -0.25) is 0 Å². The van der Waals surface area contributed by atoms with Crippen LogP contribution < -0.4 is 15.4 Å². The van der Waals surface area contributed by atoms with Crippen LogP contribution in [0, 0.1) is 5.82 Å². The molecule has 6 nitrogen and oxygen atoms in total. The summed E-state index contributed by atoms with van der Waals surface area (Å²) in [6, 6.07) is 13.5. The van der Waals surface area contributed by atoms with Gasteiger partial charge >= 0.3 is 0 Å². The Labute approximate surface area is 145 Å². The topological polar surface area (TPSA) is 72.0 Å². The first-order valence-electron chi connectivity index (χ1n) is 7.85. The van der Waals surface area contributed by atoms with Crippen LogP contribution in [0.3, 0.4) is 0 Å². The van der Waals surface area contributed by atoms with Gasteiger partial charge in [0.25, 0.3) is 0 Å². The first-order chi connectivity index (χ1) is 12.1. The lowest BCUT2D eigenvalue weighted by Crippen LogP contribution is -2.08. The summed E-state index contributed by atoms with van der Waals surface area (Å²) in [7, 11) is 0. The maximum Gasteiger partial charge on any atom is 0.249 e. The van der Waals surface area contributed by atoms with Crippen molar-refractivity contribution in [1.82, 2.24) is 15.2 Å². The SMILES string of the molecule is CC(C)Oc1ccccc1Nc1cnnc(Nc2ccc(F)cc2)n1. The molecule has 0 amide bonds. The fourth-order valence-corrected chi connectivity index (χ4v) is 2.14. The van der Waals surface area contributed by atoms with Crippen LogP contribution in [0.2, 0.25) is 0 Å². The number of ether oxygens (including phenoxy) is 1. The Kier molecular flexibility index (Phi) is 5.03. The molecule has 0 saturated carbocycles. The minimum Gasteiger partial charge on any atom is -0.489 e. The van der Waals surface area contributed by atoms with E-state index >= 15 is 0 Å². The van der Waals surface area contributed by atoms with E-state index in [1.165, 1.54) is 18.3 Å². The third-order valence-corrected chi connectivity index (χ3v) is 3.17. The van der Waals surface area contributed by atoms with Crippen molar-refractivity contribution in [1.29, 1.82) is 0 Å². The van der Waals surface area contributed by atoms with Crippen LogP contribution in [0.5, 0.6) is 5.75 Å². The molecule has 0 atom stereocenters. The van der Waals surface area contributed by atoms with Crippen LogP contribution >= 0.6 is 0 Å². The first kappa shape index (κ1) is 16.6. The van der Waals surface area contributed by atoms with Crippen LogP contribution in [-0.2, 0) is 0 Å². The molecular formula is C18H18FN5O. The van der Waals surface area contributed by atoms with Gasteiger partial charge in [-0.2, -0.15) is 10.1 Å². The van der Waals surface area contributed by atoms with Crippen LogP contribution in [0.15, 0.2) is 54.7 Å². The van der Waals surface area contributed by atoms with Crippen molar-refractivity contribution in [3.8, 4) is 5.75 Å². The highest BCUT2D eigenvalue weighted by atomic mass is 19.1. The van der Waals surface area contributed by atoms with E-state index in [1.807, 2.05) is 38.1 Å². The minimum absolute atomic E-state index is 0.0576. The second-order valence-electron chi connectivity index (χ2n) is 5.58. The molecule has 1 aromatic heterocycles. The number of nitrogens with zero attached hydrogens (tertiary/aromatic N) is 3. The standard InChI is InChI=1S/C18H18FN5O/c1-12(2)25-16-6-4-3-5-15(16)22-17-11-20-24-18(23-17)21-14-9-7-13(19)8-10-14/h3-12H,1-2H3,(H2,21,22,23,24). The van der Waals surface area contributed by atoms with E-state index in [4.69, 9.17) is 4.74 Å². The lowest BCUT2D eigenvalue weighted by molar-refractivity contribution is 0.244. The molecule has 2 N–H and O–H groups in total. The zero-order valence-corrected chi connectivity index (χ0v) is 13.9. The largest absolute Gasteiger partial charge is 0.489 e. The first-order valence-corrected chi connectivity index (χ1v) is 7.85. The van der Waals surface area contributed by atoms with Gasteiger partial charge in [0.15, 0.2) is 5.82 Å². The molecule has 0 radical (unpaired) electrons. The normalized spacial score (nSPS) is 10.6. The van der Waals surface area contributed by atoms with E-state index < -0.39 is 0 Å². The molecule has 3 rings (SSSR count). The van der Waals surface area contributed by atoms with Crippen molar-refractivity contribution in [2.75, 3.05) is 10.6 Å². The van der Waals surface area contributed by atoms with Crippen molar-refractivity contribution in [3.63, 3.8) is 0 Å². The quantitative estimate of drug-likeness (QED) is 0.698. The predicted molar refractivity (Wildman–Crippen MR) is 95.0 cm³/mol. The van der Waals surface area contributed by atoms with Gasteiger partial charge in [-0.25, -0.2) is 4.39 Å². The van der Waals surface area contributed by atoms with Crippen LogP contribution in [0.1, 0.15) is 13.8 Å². The van der Waals surface area contributed by atoms with Gasteiger partial charge in [-0.15, -0.1) is 5.10 Å². The fraction of sp³-hybridized carbons (Fsp3) is 0.167. The molecule has 0 aliphatic carbocycles. The van der Waals surface area contributed by atoms with Gasteiger partial charge in [0.1, 0.15) is 11.6 Å². The van der Waals surface area contributed by atoms with Gasteiger partial charge in [-0.05, 0) is 50.2 Å². The highest BCUT2D eigenvalue weighted by Crippen LogP contribution is 2.27. The number of nitrogens with one attached hydrogen (secondary N) is 2. The molecule has 0 spiro atoms. The molecular weight excluding hydrogens is 321 g/mol. The van der Waals surface area contributed by atoms with Crippen LogP contribution in [-0.4, -0.2) is 21.3 Å². The molecule has 128 valence electrons. The number of para-hydroxylation sites is 2. The summed E-state index contributed by atoms with van der Waals surface area (Å²) in [6.45, 7) is 3.93. The Morgan fingerprint density at radius 1 is 1.00 bits per heavy atom. The number of aromatic nitrogens is 3. The average molecular weight is 339 g/mol. The third-order valence-electron chi connectivity index (χ3n) is 3.17. The van der Waals surface area contributed by atoms with E-state index in [1.54, 1.807) is 12.1 Å². The minimum atomic E-state index is -0.304. The summed E-state index contributed by atoms with van der Waals surface area (Å²) in [5.74, 6) is 1.24. The Morgan fingerprint density at radius 3 is 2.52 bits per heavy atom. The monoisotopic (exact) mass is 339 g/mol. The van der Waals surface area contributed by atoms with Crippen molar-refractivity contribution in [2.24, 2.45) is 0 Å². The number of benzene rings is 2. The molecule has 0 unspecified atom stereocenters. The number of rotatable bonds is 6. The van der Waals surface area contributed by atoms with Crippen molar-refractivity contribution in [2.45, 2.75) is 20.0 Å². The summed E-state index contributed by atoms with van der Waals surface area (Å²) in [5.41, 5.74) is 1.45. The summed E-state index contributed by atoms with van der Waals surface area (Å²) < 4.78 is 18.7. The van der Waals surface area contributed by atoms with Gasteiger partial charge in [0, 0.05) is 5.69 Å².